The van der Waals surface area contributed by atoms with E-state index in [1.807, 2.05) is 0 Å². The van der Waals surface area contributed by atoms with Gasteiger partial charge in [-0.1, -0.05) is 12.1 Å². The van der Waals surface area contributed by atoms with Crippen LogP contribution in [0.2, 0.25) is 0 Å². The second-order valence-corrected chi connectivity index (χ2v) is 4.75. The van der Waals surface area contributed by atoms with E-state index in [0.717, 1.165) is 4.90 Å². The number of carbonyl (C=O) groups excluding carboxylic acids is 2. The van der Waals surface area contributed by atoms with E-state index in [0.29, 0.717) is 5.56 Å². The number of benzene rings is 1. The van der Waals surface area contributed by atoms with Crippen LogP contribution >= 0.6 is 11.8 Å². The topological polar surface area (TPSA) is 80.7 Å². The van der Waals surface area contributed by atoms with Gasteiger partial charge in [0.25, 0.3) is 0 Å². The molecule has 0 aromatic heterocycles. The van der Waals surface area contributed by atoms with Crippen molar-refractivity contribution in [2.45, 2.75) is 17.7 Å². The number of methoxy groups -OCH3 is 1. The highest BCUT2D eigenvalue weighted by molar-refractivity contribution is 8.00. The summed E-state index contributed by atoms with van der Waals surface area (Å²) in [6.07, 6.45) is -0.179. The van der Waals surface area contributed by atoms with E-state index in [1.54, 1.807) is 24.3 Å². The Bertz CT molecular complexity index is 466. The van der Waals surface area contributed by atoms with Crippen molar-refractivity contribution in [3.63, 3.8) is 0 Å². The fraction of sp³-hybridized carbons (Fsp3) is 0.308. The van der Waals surface area contributed by atoms with Crippen LogP contribution in [0.1, 0.15) is 23.2 Å². The van der Waals surface area contributed by atoms with Crippen molar-refractivity contribution >= 4 is 29.5 Å². The maximum atomic E-state index is 11.6. The highest BCUT2D eigenvalue weighted by Gasteiger charge is 2.09. The van der Waals surface area contributed by atoms with Gasteiger partial charge in [0.05, 0.1) is 19.3 Å². The summed E-state index contributed by atoms with van der Waals surface area (Å²) in [5.41, 5.74) is 0.476. The monoisotopic (exact) mass is 282 g/mol. The van der Waals surface area contributed by atoms with E-state index in [9.17, 15) is 14.4 Å². The molecule has 1 aromatic rings. The van der Waals surface area contributed by atoms with Crippen molar-refractivity contribution in [2.24, 2.45) is 0 Å². The van der Waals surface area contributed by atoms with Gasteiger partial charge in [-0.2, -0.15) is 0 Å². The van der Waals surface area contributed by atoms with Crippen molar-refractivity contribution in [1.82, 2.24) is 0 Å². The zero-order valence-corrected chi connectivity index (χ0v) is 11.2. The first-order valence-electron chi connectivity index (χ1n) is 5.57. The standard InChI is InChI=1S/C13H14O5S/c1-18-13(17)8-19-10-4-2-9(3-5-10)11(14)6-7-12(15)16/h2-5H,6-8H2,1H3,(H,15,16). The van der Waals surface area contributed by atoms with Crippen LogP contribution in [0, 0.1) is 0 Å². The SMILES string of the molecule is COC(=O)CSc1ccc(C(=O)CCC(=O)O)cc1. The zero-order valence-electron chi connectivity index (χ0n) is 10.4. The van der Waals surface area contributed by atoms with E-state index in [1.165, 1.54) is 18.9 Å². The summed E-state index contributed by atoms with van der Waals surface area (Å²) in [5, 5.41) is 8.50. The highest BCUT2D eigenvalue weighted by atomic mass is 32.2. The molecule has 0 fully saturated rings. The molecule has 0 amide bonds. The summed E-state index contributed by atoms with van der Waals surface area (Å²) < 4.78 is 4.52. The Hall–Kier alpha value is -1.82. The van der Waals surface area contributed by atoms with Crippen molar-refractivity contribution in [2.75, 3.05) is 12.9 Å². The maximum Gasteiger partial charge on any atom is 0.315 e. The largest absolute Gasteiger partial charge is 0.481 e. The third-order valence-electron chi connectivity index (χ3n) is 2.33. The minimum absolute atomic E-state index is 0.00994. The molecule has 0 aliphatic rings. The Morgan fingerprint density at radius 2 is 1.79 bits per heavy atom. The second-order valence-electron chi connectivity index (χ2n) is 3.71. The van der Waals surface area contributed by atoms with Crippen LogP contribution < -0.4 is 0 Å². The third-order valence-corrected chi connectivity index (χ3v) is 3.31. The molecule has 102 valence electrons. The molecule has 0 heterocycles. The van der Waals surface area contributed by atoms with Crippen LogP contribution in [0.25, 0.3) is 0 Å². The number of ketones is 1. The summed E-state index contributed by atoms with van der Waals surface area (Å²) in [6, 6.07) is 6.71. The lowest BCUT2D eigenvalue weighted by Gasteiger charge is -2.03. The molecule has 1 N–H and O–H groups in total. The lowest BCUT2D eigenvalue weighted by Crippen LogP contribution is -2.04. The number of thioether (sulfide) groups is 1. The number of carboxylic acid groups (broad SMARTS) is 1. The molecule has 1 aromatic carbocycles. The molecule has 0 radical (unpaired) electrons. The average molecular weight is 282 g/mol. The molecule has 0 atom stereocenters. The molecule has 0 unspecified atom stereocenters. The summed E-state index contributed by atoms with van der Waals surface area (Å²) in [4.78, 5) is 33.8. The maximum absolute atomic E-state index is 11.6. The molecule has 1 rings (SSSR count). The normalized spacial score (nSPS) is 9.95. The number of carbonyl (C=O) groups is 3. The van der Waals surface area contributed by atoms with Gasteiger partial charge in [-0.3, -0.25) is 14.4 Å². The number of ether oxygens (including phenoxy) is 1. The lowest BCUT2D eigenvalue weighted by atomic mass is 10.1. The van der Waals surface area contributed by atoms with Gasteiger partial charge in [0, 0.05) is 16.9 Å². The molecule has 0 bridgehead atoms. The lowest BCUT2D eigenvalue weighted by molar-refractivity contribution is -0.138. The first-order valence-corrected chi connectivity index (χ1v) is 6.56. The number of rotatable bonds is 7. The van der Waals surface area contributed by atoms with Gasteiger partial charge in [-0.25, -0.2) is 0 Å². The predicted molar refractivity (Wildman–Crippen MR) is 70.4 cm³/mol. The molecule has 6 heteroatoms. The van der Waals surface area contributed by atoms with Crippen LogP contribution in [0.5, 0.6) is 0 Å². The highest BCUT2D eigenvalue weighted by Crippen LogP contribution is 2.19. The third kappa shape index (κ3) is 5.56. The quantitative estimate of drug-likeness (QED) is 0.468. The van der Waals surface area contributed by atoms with Crippen molar-refractivity contribution < 1.29 is 24.2 Å². The van der Waals surface area contributed by atoms with E-state index in [4.69, 9.17) is 5.11 Å². The van der Waals surface area contributed by atoms with Crippen LogP contribution in [-0.2, 0) is 14.3 Å². The molecule has 0 spiro atoms. The van der Waals surface area contributed by atoms with E-state index >= 15 is 0 Å². The predicted octanol–water partition coefficient (Wildman–Crippen LogP) is 2.00. The van der Waals surface area contributed by atoms with Gasteiger partial charge in [0.15, 0.2) is 5.78 Å². The van der Waals surface area contributed by atoms with Crippen LogP contribution in [0.3, 0.4) is 0 Å². The minimum atomic E-state index is -0.987. The molecule has 0 aliphatic heterocycles. The number of aliphatic carboxylic acids is 1. The van der Waals surface area contributed by atoms with Gasteiger partial charge >= 0.3 is 11.9 Å². The Morgan fingerprint density at radius 1 is 1.16 bits per heavy atom. The molecule has 0 saturated heterocycles. The average Bonchev–Trinajstić information content (AvgIpc) is 2.42. The first-order chi connectivity index (χ1) is 9.02. The number of hydrogen-bond donors (Lipinski definition) is 1. The van der Waals surface area contributed by atoms with E-state index in [2.05, 4.69) is 4.74 Å². The molecule has 0 saturated carbocycles. The summed E-state index contributed by atoms with van der Waals surface area (Å²) in [7, 11) is 1.33. The zero-order chi connectivity index (χ0) is 14.3. The van der Waals surface area contributed by atoms with Crippen molar-refractivity contribution in [3.05, 3.63) is 29.8 Å². The summed E-state index contributed by atoms with van der Waals surface area (Å²) in [6.45, 7) is 0. The minimum Gasteiger partial charge on any atom is -0.481 e. The smallest absolute Gasteiger partial charge is 0.315 e. The molecule has 0 aliphatic carbocycles. The Labute approximate surface area is 115 Å². The van der Waals surface area contributed by atoms with Gasteiger partial charge in [0.2, 0.25) is 0 Å². The fourth-order valence-corrected chi connectivity index (χ4v) is 2.03. The second kappa shape index (κ2) is 7.58. The summed E-state index contributed by atoms with van der Waals surface area (Å²) in [5.74, 6) is -1.29. The Kier molecular flexibility index (Phi) is 6.08. The van der Waals surface area contributed by atoms with Gasteiger partial charge in [0.1, 0.15) is 0 Å². The van der Waals surface area contributed by atoms with Gasteiger partial charge in [-0.15, -0.1) is 11.8 Å². The Balaban J connectivity index is 2.53. The summed E-state index contributed by atoms with van der Waals surface area (Å²) >= 11 is 1.31. The van der Waals surface area contributed by atoms with Crippen molar-refractivity contribution in [3.8, 4) is 0 Å². The molecule has 5 nitrogen and oxygen atoms in total. The number of Topliss-reactive ketones (excluding diaryl/α,β-unsaturated/α-hetero) is 1. The van der Waals surface area contributed by atoms with Crippen molar-refractivity contribution in [1.29, 1.82) is 0 Å². The number of hydrogen-bond acceptors (Lipinski definition) is 5. The number of carboxylic acids is 1. The molecular weight excluding hydrogens is 268 g/mol. The Morgan fingerprint density at radius 3 is 2.32 bits per heavy atom. The van der Waals surface area contributed by atoms with Gasteiger partial charge in [-0.05, 0) is 12.1 Å². The van der Waals surface area contributed by atoms with Crippen LogP contribution in [-0.4, -0.2) is 35.7 Å². The molecular formula is C13H14O5S. The fourth-order valence-electron chi connectivity index (χ4n) is 1.30. The van der Waals surface area contributed by atoms with E-state index in [-0.39, 0.29) is 30.3 Å². The van der Waals surface area contributed by atoms with E-state index < -0.39 is 5.97 Å². The number of esters is 1. The van der Waals surface area contributed by atoms with Crippen LogP contribution in [0.15, 0.2) is 29.2 Å². The first kappa shape index (κ1) is 15.2. The van der Waals surface area contributed by atoms with Crippen LogP contribution in [0.4, 0.5) is 0 Å². The molecule has 19 heavy (non-hydrogen) atoms. The van der Waals surface area contributed by atoms with Gasteiger partial charge < -0.3 is 9.84 Å².